The summed E-state index contributed by atoms with van der Waals surface area (Å²) in [6.45, 7) is 8.36. The molecule has 0 atom stereocenters. The fourth-order valence-electron chi connectivity index (χ4n) is 1.68. The van der Waals surface area contributed by atoms with Gasteiger partial charge in [0.15, 0.2) is 5.76 Å². The van der Waals surface area contributed by atoms with E-state index in [1.54, 1.807) is 6.07 Å². The largest absolute Gasteiger partial charge is 0.458 e. The smallest absolute Gasteiger partial charge is 0.204 e. The fraction of sp³-hybridized carbons (Fsp3) is 0.467. The molecule has 0 unspecified atom stereocenters. The summed E-state index contributed by atoms with van der Waals surface area (Å²) in [6.07, 6.45) is 1.12. The monoisotopic (exact) mass is 277 g/mol. The molecule has 4 heteroatoms. The molecule has 2 aromatic rings. The van der Waals surface area contributed by atoms with Gasteiger partial charge in [-0.25, -0.2) is 4.98 Å². The van der Waals surface area contributed by atoms with Gasteiger partial charge in [0.05, 0.1) is 12.1 Å². The number of carbonyl (C=O) groups excluding carboxylic acids is 1. The molecule has 0 spiro atoms. The van der Waals surface area contributed by atoms with Crippen LogP contribution in [-0.2, 0) is 18.3 Å². The second-order valence-corrected chi connectivity index (χ2v) is 6.54. The van der Waals surface area contributed by atoms with Crippen LogP contribution in [0, 0.1) is 0 Å². The first-order valence-electron chi connectivity index (χ1n) is 6.47. The first-order valence-corrected chi connectivity index (χ1v) is 7.35. The van der Waals surface area contributed by atoms with Gasteiger partial charge in [-0.3, -0.25) is 4.79 Å². The minimum Gasteiger partial charge on any atom is -0.458 e. The molecule has 102 valence electrons. The van der Waals surface area contributed by atoms with Gasteiger partial charge < -0.3 is 4.42 Å². The first-order chi connectivity index (χ1) is 8.90. The van der Waals surface area contributed by atoms with Crippen LogP contribution >= 0.6 is 11.3 Å². The Kier molecular flexibility index (Phi) is 3.90. The van der Waals surface area contributed by atoms with Crippen LogP contribution in [0.15, 0.2) is 21.9 Å². The van der Waals surface area contributed by atoms with Crippen LogP contribution < -0.4 is 0 Å². The van der Waals surface area contributed by atoms with Gasteiger partial charge in [0.25, 0.3) is 0 Å². The van der Waals surface area contributed by atoms with E-state index in [9.17, 15) is 4.79 Å². The SMILES string of the molecule is CCc1ccc(C(=O)Cc2nc(C(C)(C)C)cs2)o1. The molecule has 0 N–H and O–H groups in total. The zero-order valence-corrected chi connectivity index (χ0v) is 12.6. The maximum atomic E-state index is 12.1. The van der Waals surface area contributed by atoms with E-state index in [2.05, 4.69) is 25.8 Å². The van der Waals surface area contributed by atoms with Crippen molar-refractivity contribution in [3.05, 3.63) is 39.7 Å². The molecule has 0 aliphatic rings. The number of aromatic nitrogens is 1. The van der Waals surface area contributed by atoms with E-state index in [4.69, 9.17) is 4.42 Å². The molecule has 0 fully saturated rings. The van der Waals surface area contributed by atoms with E-state index in [-0.39, 0.29) is 11.2 Å². The predicted molar refractivity (Wildman–Crippen MR) is 76.9 cm³/mol. The zero-order chi connectivity index (χ0) is 14.0. The number of ketones is 1. The Hall–Kier alpha value is -1.42. The molecule has 0 amide bonds. The van der Waals surface area contributed by atoms with Gasteiger partial charge in [0.2, 0.25) is 5.78 Å². The van der Waals surface area contributed by atoms with Crippen molar-refractivity contribution >= 4 is 17.1 Å². The molecule has 0 radical (unpaired) electrons. The summed E-state index contributed by atoms with van der Waals surface area (Å²) in [5.41, 5.74) is 1.06. The van der Waals surface area contributed by atoms with Crippen LogP contribution in [0.5, 0.6) is 0 Å². The van der Waals surface area contributed by atoms with Crippen molar-refractivity contribution in [2.75, 3.05) is 0 Å². The molecule has 0 bridgehead atoms. The minimum atomic E-state index is -0.00508. The van der Waals surface area contributed by atoms with E-state index in [0.717, 1.165) is 22.9 Å². The van der Waals surface area contributed by atoms with Crippen molar-refractivity contribution in [2.24, 2.45) is 0 Å². The van der Waals surface area contributed by atoms with Crippen LogP contribution in [0.3, 0.4) is 0 Å². The number of carbonyl (C=O) groups is 1. The van der Waals surface area contributed by atoms with Crippen LogP contribution in [-0.4, -0.2) is 10.8 Å². The average molecular weight is 277 g/mol. The number of thiazole rings is 1. The van der Waals surface area contributed by atoms with Gasteiger partial charge >= 0.3 is 0 Å². The highest BCUT2D eigenvalue weighted by atomic mass is 32.1. The molecule has 2 heterocycles. The van der Waals surface area contributed by atoms with Crippen molar-refractivity contribution in [3.63, 3.8) is 0 Å². The molecule has 2 aromatic heterocycles. The lowest BCUT2D eigenvalue weighted by Crippen LogP contribution is -2.12. The van der Waals surface area contributed by atoms with Crippen molar-refractivity contribution < 1.29 is 9.21 Å². The van der Waals surface area contributed by atoms with Crippen LogP contribution in [0.25, 0.3) is 0 Å². The minimum absolute atomic E-state index is 0.00508. The Labute approximate surface area is 117 Å². The lowest BCUT2D eigenvalue weighted by molar-refractivity contribution is 0.0964. The summed E-state index contributed by atoms with van der Waals surface area (Å²) in [5, 5.41) is 2.88. The van der Waals surface area contributed by atoms with E-state index in [1.165, 1.54) is 11.3 Å². The van der Waals surface area contributed by atoms with Crippen molar-refractivity contribution in [2.45, 2.75) is 46.0 Å². The van der Waals surface area contributed by atoms with Gasteiger partial charge in [-0.05, 0) is 12.1 Å². The van der Waals surface area contributed by atoms with Crippen molar-refractivity contribution in [1.29, 1.82) is 0 Å². The molecule has 0 saturated heterocycles. The van der Waals surface area contributed by atoms with Crippen LogP contribution in [0.1, 0.15) is 54.7 Å². The summed E-state index contributed by atoms with van der Waals surface area (Å²) < 4.78 is 5.47. The zero-order valence-electron chi connectivity index (χ0n) is 11.8. The Morgan fingerprint density at radius 3 is 2.63 bits per heavy atom. The van der Waals surface area contributed by atoms with E-state index < -0.39 is 0 Å². The molecular weight excluding hydrogens is 258 g/mol. The summed E-state index contributed by atoms with van der Waals surface area (Å²) in [7, 11) is 0. The summed E-state index contributed by atoms with van der Waals surface area (Å²) in [4.78, 5) is 16.6. The third-order valence-electron chi connectivity index (χ3n) is 2.92. The molecule has 0 aliphatic carbocycles. The lowest BCUT2D eigenvalue weighted by atomic mass is 9.93. The topological polar surface area (TPSA) is 43.1 Å². The molecule has 3 nitrogen and oxygen atoms in total. The Bertz CT molecular complexity index is 575. The standard InChI is InChI=1S/C15H19NO2S/c1-5-10-6-7-12(18-10)11(17)8-14-16-13(9-19-14)15(2,3)4/h6-7,9H,5,8H2,1-4H3. The van der Waals surface area contributed by atoms with Crippen molar-refractivity contribution in [1.82, 2.24) is 4.98 Å². The number of rotatable bonds is 4. The van der Waals surface area contributed by atoms with Crippen LogP contribution in [0.4, 0.5) is 0 Å². The maximum Gasteiger partial charge on any atom is 0.204 e. The number of Topliss-reactive ketones (excluding diaryl/α,β-unsaturated/α-hetero) is 1. The second-order valence-electron chi connectivity index (χ2n) is 5.60. The highest BCUT2D eigenvalue weighted by Gasteiger charge is 2.19. The Balaban J connectivity index is 2.09. The summed E-state index contributed by atoms with van der Waals surface area (Å²) in [5.74, 6) is 1.27. The van der Waals surface area contributed by atoms with Crippen LogP contribution in [0.2, 0.25) is 0 Å². The number of aryl methyl sites for hydroxylation is 1. The number of furan rings is 1. The maximum absolute atomic E-state index is 12.1. The fourth-order valence-corrected chi connectivity index (χ4v) is 2.70. The Morgan fingerprint density at radius 1 is 1.37 bits per heavy atom. The number of nitrogens with zero attached hydrogens (tertiary/aromatic N) is 1. The lowest BCUT2D eigenvalue weighted by Gasteiger charge is -2.14. The molecular formula is C15H19NO2S. The van der Waals surface area contributed by atoms with E-state index in [1.807, 2.05) is 18.4 Å². The second kappa shape index (κ2) is 5.29. The molecule has 0 aromatic carbocycles. The molecule has 0 saturated carbocycles. The Morgan fingerprint density at radius 2 is 2.11 bits per heavy atom. The van der Waals surface area contributed by atoms with E-state index >= 15 is 0 Å². The number of hydrogen-bond acceptors (Lipinski definition) is 4. The summed E-state index contributed by atoms with van der Waals surface area (Å²) >= 11 is 1.54. The third-order valence-corrected chi connectivity index (χ3v) is 3.77. The molecule has 2 rings (SSSR count). The highest BCUT2D eigenvalue weighted by molar-refractivity contribution is 7.09. The average Bonchev–Trinajstić information content (AvgIpc) is 2.95. The summed E-state index contributed by atoms with van der Waals surface area (Å²) in [6, 6.07) is 3.61. The quantitative estimate of drug-likeness (QED) is 0.793. The van der Waals surface area contributed by atoms with Gasteiger partial charge in [0, 0.05) is 17.2 Å². The van der Waals surface area contributed by atoms with Gasteiger partial charge in [-0.15, -0.1) is 11.3 Å². The normalized spacial score (nSPS) is 11.8. The van der Waals surface area contributed by atoms with Crippen molar-refractivity contribution in [3.8, 4) is 0 Å². The molecule has 0 aliphatic heterocycles. The first kappa shape index (κ1) is 14.0. The predicted octanol–water partition coefficient (Wildman–Crippen LogP) is 4.02. The highest BCUT2D eigenvalue weighted by Crippen LogP contribution is 2.24. The molecule has 19 heavy (non-hydrogen) atoms. The van der Waals surface area contributed by atoms with E-state index in [0.29, 0.717) is 12.2 Å². The number of hydrogen-bond donors (Lipinski definition) is 0. The third kappa shape index (κ3) is 3.32. The van der Waals surface area contributed by atoms with Gasteiger partial charge in [-0.2, -0.15) is 0 Å². The van der Waals surface area contributed by atoms with Gasteiger partial charge in [0.1, 0.15) is 10.8 Å². The van der Waals surface area contributed by atoms with Gasteiger partial charge in [-0.1, -0.05) is 27.7 Å².